The van der Waals surface area contributed by atoms with Gasteiger partial charge in [0, 0.05) is 18.6 Å². The van der Waals surface area contributed by atoms with E-state index in [1.54, 1.807) is 7.11 Å². The van der Waals surface area contributed by atoms with E-state index in [1.165, 1.54) is 5.56 Å². The van der Waals surface area contributed by atoms with Gasteiger partial charge in [-0.05, 0) is 12.0 Å². The van der Waals surface area contributed by atoms with Crippen LogP contribution in [0.4, 0.5) is 0 Å². The van der Waals surface area contributed by atoms with Crippen molar-refractivity contribution in [3.8, 4) is 0 Å². The fraction of sp³-hybridized carbons (Fsp3) is 0.571. The van der Waals surface area contributed by atoms with Crippen molar-refractivity contribution >= 4 is 0 Å². The smallest absolute Gasteiger partial charge is 0.0508 e. The molecule has 1 aromatic carbocycles. The molecule has 90 valence electrons. The summed E-state index contributed by atoms with van der Waals surface area (Å²) < 4.78 is 5.24. The second-order valence-corrected chi connectivity index (χ2v) is 4.51. The summed E-state index contributed by atoms with van der Waals surface area (Å²) in [7, 11) is 1.73. The fourth-order valence-electron chi connectivity index (χ4n) is 2.24. The molecule has 0 aliphatic carbocycles. The standard InChI is InChI=1S/C14H23NO/c1-4-10-14(15,12(2)11-16-3)13-8-6-5-7-9-13/h5-9,12H,4,10-11,15H2,1-3H3. The van der Waals surface area contributed by atoms with Gasteiger partial charge in [-0.15, -0.1) is 0 Å². The van der Waals surface area contributed by atoms with E-state index in [9.17, 15) is 0 Å². The zero-order valence-corrected chi connectivity index (χ0v) is 10.6. The maximum absolute atomic E-state index is 6.58. The van der Waals surface area contributed by atoms with Crippen molar-refractivity contribution in [2.45, 2.75) is 32.2 Å². The molecule has 16 heavy (non-hydrogen) atoms. The highest BCUT2D eigenvalue weighted by molar-refractivity contribution is 5.24. The summed E-state index contributed by atoms with van der Waals surface area (Å²) in [6, 6.07) is 10.3. The van der Waals surface area contributed by atoms with Crippen LogP contribution in [0.1, 0.15) is 32.3 Å². The fourth-order valence-corrected chi connectivity index (χ4v) is 2.24. The van der Waals surface area contributed by atoms with Crippen molar-refractivity contribution in [3.63, 3.8) is 0 Å². The van der Waals surface area contributed by atoms with Crippen LogP contribution in [0.5, 0.6) is 0 Å². The molecule has 0 aromatic heterocycles. The van der Waals surface area contributed by atoms with E-state index < -0.39 is 0 Å². The summed E-state index contributed by atoms with van der Waals surface area (Å²) in [6.07, 6.45) is 2.07. The van der Waals surface area contributed by atoms with Gasteiger partial charge in [-0.25, -0.2) is 0 Å². The van der Waals surface area contributed by atoms with Crippen molar-refractivity contribution in [3.05, 3.63) is 35.9 Å². The lowest BCUT2D eigenvalue weighted by Gasteiger charge is -2.35. The molecule has 0 fully saturated rings. The SMILES string of the molecule is CCCC(N)(c1ccccc1)C(C)COC. The molecule has 2 heteroatoms. The number of benzene rings is 1. The Balaban J connectivity index is 2.96. The van der Waals surface area contributed by atoms with Gasteiger partial charge in [-0.3, -0.25) is 0 Å². The van der Waals surface area contributed by atoms with Gasteiger partial charge in [0.25, 0.3) is 0 Å². The number of rotatable bonds is 6. The Labute approximate surface area is 98.8 Å². The maximum atomic E-state index is 6.58. The molecule has 2 N–H and O–H groups in total. The van der Waals surface area contributed by atoms with E-state index in [-0.39, 0.29) is 5.54 Å². The molecule has 0 spiro atoms. The summed E-state index contributed by atoms with van der Waals surface area (Å²) in [6.45, 7) is 5.03. The van der Waals surface area contributed by atoms with Gasteiger partial charge in [0.15, 0.2) is 0 Å². The first-order valence-electron chi connectivity index (χ1n) is 5.98. The molecule has 2 nitrogen and oxygen atoms in total. The summed E-state index contributed by atoms with van der Waals surface area (Å²) in [4.78, 5) is 0. The number of hydrogen-bond donors (Lipinski definition) is 1. The van der Waals surface area contributed by atoms with E-state index in [2.05, 4.69) is 26.0 Å². The second-order valence-electron chi connectivity index (χ2n) is 4.51. The summed E-state index contributed by atoms with van der Waals surface area (Å²) in [5, 5.41) is 0. The zero-order valence-electron chi connectivity index (χ0n) is 10.6. The van der Waals surface area contributed by atoms with Gasteiger partial charge >= 0.3 is 0 Å². The van der Waals surface area contributed by atoms with E-state index in [0.29, 0.717) is 12.5 Å². The lowest BCUT2D eigenvalue weighted by atomic mass is 9.77. The van der Waals surface area contributed by atoms with Gasteiger partial charge < -0.3 is 10.5 Å². The number of nitrogens with two attached hydrogens (primary N) is 1. The van der Waals surface area contributed by atoms with Crippen molar-refractivity contribution in [2.75, 3.05) is 13.7 Å². The molecule has 0 aliphatic heterocycles. The number of hydrogen-bond acceptors (Lipinski definition) is 2. The minimum absolute atomic E-state index is 0.272. The Morgan fingerprint density at radius 2 is 1.94 bits per heavy atom. The van der Waals surface area contributed by atoms with Gasteiger partial charge in [0.05, 0.1) is 6.61 Å². The normalized spacial score (nSPS) is 16.8. The van der Waals surface area contributed by atoms with E-state index in [0.717, 1.165) is 12.8 Å². The summed E-state index contributed by atoms with van der Waals surface area (Å²) >= 11 is 0. The third-order valence-corrected chi connectivity index (χ3v) is 3.27. The van der Waals surface area contributed by atoms with Crippen LogP contribution in [-0.2, 0) is 10.3 Å². The highest BCUT2D eigenvalue weighted by atomic mass is 16.5. The molecule has 0 amide bonds. The van der Waals surface area contributed by atoms with Crippen LogP contribution in [0.25, 0.3) is 0 Å². The second kappa shape index (κ2) is 6.02. The average molecular weight is 221 g/mol. The topological polar surface area (TPSA) is 35.2 Å². The van der Waals surface area contributed by atoms with E-state index in [1.807, 2.05) is 18.2 Å². The predicted molar refractivity (Wildman–Crippen MR) is 68.3 cm³/mol. The van der Waals surface area contributed by atoms with Gasteiger partial charge in [0.2, 0.25) is 0 Å². The van der Waals surface area contributed by atoms with Crippen LogP contribution >= 0.6 is 0 Å². The quantitative estimate of drug-likeness (QED) is 0.801. The van der Waals surface area contributed by atoms with E-state index in [4.69, 9.17) is 10.5 Å². The zero-order chi connectivity index (χ0) is 12.0. The Morgan fingerprint density at radius 1 is 1.31 bits per heavy atom. The lowest BCUT2D eigenvalue weighted by molar-refractivity contribution is 0.109. The Hall–Kier alpha value is -0.860. The molecule has 2 unspecified atom stereocenters. The highest BCUT2D eigenvalue weighted by Gasteiger charge is 2.32. The monoisotopic (exact) mass is 221 g/mol. The van der Waals surface area contributed by atoms with Crippen LogP contribution in [0.3, 0.4) is 0 Å². The molecule has 0 aliphatic rings. The van der Waals surface area contributed by atoms with Gasteiger partial charge in [-0.1, -0.05) is 50.6 Å². The molecule has 2 atom stereocenters. The Morgan fingerprint density at radius 3 is 2.44 bits per heavy atom. The minimum Gasteiger partial charge on any atom is -0.384 e. The van der Waals surface area contributed by atoms with Crippen molar-refractivity contribution < 1.29 is 4.74 Å². The van der Waals surface area contributed by atoms with Crippen LogP contribution in [0.15, 0.2) is 30.3 Å². The third kappa shape index (κ3) is 2.83. The van der Waals surface area contributed by atoms with Crippen molar-refractivity contribution in [2.24, 2.45) is 11.7 Å². The van der Waals surface area contributed by atoms with Crippen LogP contribution in [0.2, 0.25) is 0 Å². The van der Waals surface area contributed by atoms with Gasteiger partial charge in [-0.2, -0.15) is 0 Å². The average Bonchev–Trinajstić information content (AvgIpc) is 2.30. The van der Waals surface area contributed by atoms with Crippen LogP contribution in [0, 0.1) is 5.92 Å². The Bertz CT molecular complexity index is 299. The maximum Gasteiger partial charge on any atom is 0.0508 e. The van der Waals surface area contributed by atoms with Crippen molar-refractivity contribution in [1.82, 2.24) is 0 Å². The minimum atomic E-state index is -0.272. The van der Waals surface area contributed by atoms with Crippen molar-refractivity contribution in [1.29, 1.82) is 0 Å². The third-order valence-electron chi connectivity index (χ3n) is 3.27. The largest absolute Gasteiger partial charge is 0.384 e. The molecule has 0 saturated carbocycles. The molecule has 0 bridgehead atoms. The molecular formula is C14H23NO. The van der Waals surface area contributed by atoms with Gasteiger partial charge in [0.1, 0.15) is 0 Å². The molecule has 0 radical (unpaired) electrons. The molecule has 0 heterocycles. The van der Waals surface area contributed by atoms with Crippen LogP contribution in [-0.4, -0.2) is 13.7 Å². The molecular weight excluding hydrogens is 198 g/mol. The first-order chi connectivity index (χ1) is 7.65. The number of methoxy groups -OCH3 is 1. The molecule has 1 rings (SSSR count). The van der Waals surface area contributed by atoms with Crippen LogP contribution < -0.4 is 5.73 Å². The lowest BCUT2D eigenvalue weighted by Crippen LogP contribution is -2.44. The number of ether oxygens (including phenoxy) is 1. The molecule has 0 saturated heterocycles. The highest BCUT2D eigenvalue weighted by Crippen LogP contribution is 2.31. The predicted octanol–water partition coefficient (Wildman–Crippen LogP) is 2.92. The first kappa shape index (κ1) is 13.2. The summed E-state index contributed by atoms with van der Waals surface area (Å²) in [5.41, 5.74) is 7.52. The van der Waals surface area contributed by atoms with E-state index >= 15 is 0 Å². The Kier molecular flexibility index (Phi) is 4.97. The summed E-state index contributed by atoms with van der Waals surface area (Å²) in [5.74, 6) is 0.319. The first-order valence-corrected chi connectivity index (χ1v) is 5.98. The molecule has 1 aromatic rings.